The second-order valence-corrected chi connectivity index (χ2v) is 5.55. The van der Waals surface area contributed by atoms with Crippen molar-refractivity contribution < 1.29 is 9.90 Å². The van der Waals surface area contributed by atoms with Crippen molar-refractivity contribution in [2.75, 3.05) is 18.1 Å². The number of para-hydroxylation sites is 1. The Hall–Kier alpha value is -2.74. The topological polar surface area (TPSA) is 100 Å². The fourth-order valence-electron chi connectivity index (χ4n) is 2.64. The van der Waals surface area contributed by atoms with Crippen molar-refractivity contribution in [1.82, 2.24) is 20.1 Å². The van der Waals surface area contributed by atoms with Gasteiger partial charge in [-0.1, -0.05) is 25.1 Å². The van der Waals surface area contributed by atoms with Crippen LogP contribution in [0.1, 0.15) is 23.8 Å². The minimum absolute atomic E-state index is 0.191. The highest BCUT2D eigenvalue weighted by Gasteiger charge is 2.27. The van der Waals surface area contributed by atoms with E-state index in [0.29, 0.717) is 25.5 Å². The maximum absolute atomic E-state index is 12.5. The summed E-state index contributed by atoms with van der Waals surface area (Å²) in [6.45, 7) is 2.67. The molecule has 0 bridgehead atoms. The van der Waals surface area contributed by atoms with Crippen LogP contribution in [0.2, 0.25) is 0 Å². The number of hydrogen-bond acceptors (Lipinski definition) is 6. The SMILES string of the molecule is CCC(CO)NC(=O)c1nnc2n(c1=O)CCN2c1ccccc1. The predicted molar refractivity (Wildman–Crippen MR) is 88.4 cm³/mol. The van der Waals surface area contributed by atoms with Crippen LogP contribution >= 0.6 is 0 Å². The minimum Gasteiger partial charge on any atom is -0.394 e. The number of rotatable bonds is 5. The summed E-state index contributed by atoms with van der Waals surface area (Å²) in [4.78, 5) is 26.6. The van der Waals surface area contributed by atoms with Crippen LogP contribution in [0.4, 0.5) is 11.6 Å². The number of fused-ring (bicyclic) bond motifs is 1. The van der Waals surface area contributed by atoms with Crippen molar-refractivity contribution in [3.05, 3.63) is 46.4 Å². The maximum Gasteiger partial charge on any atom is 0.286 e. The van der Waals surface area contributed by atoms with Crippen LogP contribution in [-0.2, 0) is 6.54 Å². The number of amides is 1. The first-order valence-electron chi connectivity index (χ1n) is 7.87. The standard InChI is InChI=1S/C16H19N5O3/c1-2-11(10-22)17-14(23)13-15(24)21-9-8-20(16(21)19-18-13)12-6-4-3-5-7-12/h3-7,11,22H,2,8-10H2,1H3,(H,17,23). The molecule has 8 nitrogen and oxygen atoms in total. The molecule has 0 aliphatic carbocycles. The first-order chi connectivity index (χ1) is 11.7. The van der Waals surface area contributed by atoms with Gasteiger partial charge in [0, 0.05) is 18.8 Å². The molecule has 0 saturated carbocycles. The lowest BCUT2D eigenvalue weighted by molar-refractivity contribution is 0.0906. The lowest BCUT2D eigenvalue weighted by Crippen LogP contribution is -2.41. The fourth-order valence-corrected chi connectivity index (χ4v) is 2.64. The number of benzene rings is 1. The average molecular weight is 329 g/mol. The Morgan fingerprint density at radius 1 is 1.29 bits per heavy atom. The van der Waals surface area contributed by atoms with E-state index in [-0.39, 0.29) is 12.3 Å². The fraction of sp³-hybridized carbons (Fsp3) is 0.375. The van der Waals surface area contributed by atoms with E-state index in [4.69, 9.17) is 5.11 Å². The predicted octanol–water partition coefficient (Wildman–Crippen LogP) is 0.291. The first kappa shape index (κ1) is 16.1. The lowest BCUT2D eigenvalue weighted by Gasteiger charge is -2.17. The van der Waals surface area contributed by atoms with Gasteiger partial charge in [0.25, 0.3) is 11.5 Å². The molecule has 0 saturated heterocycles. The second kappa shape index (κ2) is 6.79. The molecule has 0 spiro atoms. The van der Waals surface area contributed by atoms with Gasteiger partial charge in [0.15, 0.2) is 0 Å². The van der Waals surface area contributed by atoms with E-state index in [0.717, 1.165) is 5.69 Å². The van der Waals surface area contributed by atoms with E-state index in [1.165, 1.54) is 4.57 Å². The van der Waals surface area contributed by atoms with Crippen molar-refractivity contribution in [2.24, 2.45) is 0 Å². The van der Waals surface area contributed by atoms with Crippen molar-refractivity contribution in [1.29, 1.82) is 0 Å². The van der Waals surface area contributed by atoms with Crippen molar-refractivity contribution >= 4 is 17.5 Å². The summed E-state index contributed by atoms with van der Waals surface area (Å²) in [6.07, 6.45) is 0.559. The number of aliphatic hydroxyl groups excluding tert-OH is 1. The van der Waals surface area contributed by atoms with E-state index < -0.39 is 17.5 Å². The van der Waals surface area contributed by atoms with Gasteiger partial charge in [-0.05, 0) is 18.6 Å². The Bertz CT molecular complexity index is 786. The van der Waals surface area contributed by atoms with E-state index >= 15 is 0 Å². The van der Waals surface area contributed by atoms with Gasteiger partial charge in [0.1, 0.15) is 0 Å². The molecule has 2 heterocycles. The number of carbonyl (C=O) groups is 1. The summed E-state index contributed by atoms with van der Waals surface area (Å²) in [5.74, 6) is -0.182. The quantitative estimate of drug-likeness (QED) is 0.818. The van der Waals surface area contributed by atoms with Crippen molar-refractivity contribution in [3.63, 3.8) is 0 Å². The number of anilines is 2. The Balaban J connectivity index is 1.90. The molecule has 1 amide bonds. The Kier molecular flexibility index (Phi) is 4.57. The van der Waals surface area contributed by atoms with Crippen LogP contribution in [0, 0.1) is 0 Å². The normalized spacial score (nSPS) is 14.3. The van der Waals surface area contributed by atoms with Gasteiger partial charge in [-0.15, -0.1) is 10.2 Å². The number of nitrogens with zero attached hydrogens (tertiary/aromatic N) is 4. The first-order valence-corrected chi connectivity index (χ1v) is 7.87. The van der Waals surface area contributed by atoms with Gasteiger partial charge in [-0.25, -0.2) is 0 Å². The number of aromatic nitrogens is 3. The monoisotopic (exact) mass is 329 g/mol. The Labute approximate surface area is 138 Å². The van der Waals surface area contributed by atoms with Crippen LogP contribution in [0.25, 0.3) is 0 Å². The molecule has 8 heteroatoms. The van der Waals surface area contributed by atoms with E-state index in [2.05, 4.69) is 15.5 Å². The molecule has 1 unspecified atom stereocenters. The van der Waals surface area contributed by atoms with E-state index in [1.54, 1.807) is 0 Å². The molecule has 1 aliphatic heterocycles. The minimum atomic E-state index is -0.609. The highest BCUT2D eigenvalue weighted by Crippen LogP contribution is 2.25. The molecule has 1 aromatic carbocycles. The van der Waals surface area contributed by atoms with E-state index in [9.17, 15) is 9.59 Å². The third-order valence-electron chi connectivity index (χ3n) is 4.05. The van der Waals surface area contributed by atoms with Gasteiger partial charge in [0.05, 0.1) is 12.6 Å². The number of aliphatic hydroxyl groups is 1. The summed E-state index contributed by atoms with van der Waals surface area (Å²) >= 11 is 0. The second-order valence-electron chi connectivity index (χ2n) is 5.55. The lowest BCUT2D eigenvalue weighted by atomic mass is 10.2. The number of carbonyl (C=O) groups excluding carboxylic acids is 1. The molecule has 0 radical (unpaired) electrons. The molecular weight excluding hydrogens is 310 g/mol. The highest BCUT2D eigenvalue weighted by atomic mass is 16.3. The van der Waals surface area contributed by atoms with Crippen LogP contribution in [0.15, 0.2) is 35.1 Å². The van der Waals surface area contributed by atoms with Crippen LogP contribution in [0.3, 0.4) is 0 Å². The molecule has 1 atom stereocenters. The molecule has 0 fully saturated rings. The molecule has 1 aromatic heterocycles. The summed E-state index contributed by atoms with van der Waals surface area (Å²) in [6, 6.07) is 9.18. The molecule has 24 heavy (non-hydrogen) atoms. The molecule has 2 aromatic rings. The molecular formula is C16H19N5O3. The molecule has 1 aliphatic rings. The van der Waals surface area contributed by atoms with Gasteiger partial charge in [-0.2, -0.15) is 0 Å². The van der Waals surface area contributed by atoms with Crippen LogP contribution in [-0.4, -0.2) is 45.0 Å². The number of hydrogen-bond donors (Lipinski definition) is 2. The summed E-state index contributed by atoms with van der Waals surface area (Å²) < 4.78 is 1.45. The Morgan fingerprint density at radius 3 is 2.71 bits per heavy atom. The highest BCUT2D eigenvalue weighted by molar-refractivity contribution is 5.92. The van der Waals surface area contributed by atoms with E-state index in [1.807, 2.05) is 42.2 Å². The number of nitrogens with one attached hydrogen (secondary N) is 1. The summed E-state index contributed by atoms with van der Waals surface area (Å²) in [5, 5.41) is 19.7. The van der Waals surface area contributed by atoms with Crippen molar-refractivity contribution in [3.8, 4) is 0 Å². The van der Waals surface area contributed by atoms with Crippen LogP contribution < -0.4 is 15.8 Å². The average Bonchev–Trinajstić information content (AvgIpc) is 3.05. The maximum atomic E-state index is 12.5. The third-order valence-corrected chi connectivity index (χ3v) is 4.05. The van der Waals surface area contributed by atoms with Gasteiger partial charge < -0.3 is 15.3 Å². The smallest absolute Gasteiger partial charge is 0.286 e. The van der Waals surface area contributed by atoms with Crippen LogP contribution in [0.5, 0.6) is 0 Å². The van der Waals surface area contributed by atoms with Gasteiger partial charge >= 0.3 is 0 Å². The molecule has 126 valence electrons. The molecule has 2 N–H and O–H groups in total. The molecule has 3 rings (SSSR count). The Morgan fingerprint density at radius 2 is 2.04 bits per heavy atom. The zero-order chi connectivity index (χ0) is 17.1. The zero-order valence-electron chi connectivity index (χ0n) is 13.3. The third kappa shape index (κ3) is 2.88. The zero-order valence-corrected chi connectivity index (χ0v) is 13.3. The van der Waals surface area contributed by atoms with Gasteiger partial charge in [0.2, 0.25) is 11.6 Å². The van der Waals surface area contributed by atoms with Gasteiger partial charge in [-0.3, -0.25) is 14.2 Å². The largest absolute Gasteiger partial charge is 0.394 e. The summed E-state index contributed by atoms with van der Waals surface area (Å²) in [5.41, 5.74) is 0.199. The summed E-state index contributed by atoms with van der Waals surface area (Å²) in [7, 11) is 0. The van der Waals surface area contributed by atoms with Crippen molar-refractivity contribution in [2.45, 2.75) is 25.9 Å².